The van der Waals surface area contributed by atoms with Crippen LogP contribution >= 0.6 is 11.6 Å². The van der Waals surface area contributed by atoms with E-state index < -0.39 is 11.7 Å². The van der Waals surface area contributed by atoms with Gasteiger partial charge >= 0.3 is 12.1 Å². The van der Waals surface area contributed by atoms with Gasteiger partial charge in [-0.05, 0) is 45.2 Å². The molecule has 1 atom stereocenters. The standard InChI is InChI=1S/C15H22ClF3N2.C6H12O2/c1-4-6-7-21(10-11(3)5-2)14-9-12(15(17,18)19)8-13(16)20-14;1-5(7)8-6(2,3)4/h8-9,11H,4-7,10H2,1-3H3;1-4H3. The van der Waals surface area contributed by atoms with Gasteiger partial charge in [-0.25, -0.2) is 4.98 Å². The number of esters is 1. The van der Waals surface area contributed by atoms with Crippen LogP contribution in [0.25, 0.3) is 0 Å². The maximum absolute atomic E-state index is 12.9. The third kappa shape index (κ3) is 12.6. The summed E-state index contributed by atoms with van der Waals surface area (Å²) < 4.78 is 43.5. The van der Waals surface area contributed by atoms with Gasteiger partial charge in [-0.1, -0.05) is 45.2 Å². The number of anilines is 1. The molecule has 1 rings (SSSR count). The first-order chi connectivity index (χ1) is 13.2. The van der Waals surface area contributed by atoms with Crippen LogP contribution in [0.1, 0.15) is 73.3 Å². The van der Waals surface area contributed by atoms with Gasteiger partial charge in [0.15, 0.2) is 0 Å². The summed E-state index contributed by atoms with van der Waals surface area (Å²) in [5, 5.41) is -0.120. The number of carbonyl (C=O) groups is 1. The lowest BCUT2D eigenvalue weighted by molar-refractivity contribution is -0.151. The molecule has 4 nitrogen and oxygen atoms in total. The minimum Gasteiger partial charge on any atom is -0.460 e. The van der Waals surface area contributed by atoms with Crippen molar-refractivity contribution in [3.8, 4) is 0 Å². The molecule has 0 spiro atoms. The van der Waals surface area contributed by atoms with E-state index in [2.05, 4.69) is 18.8 Å². The highest BCUT2D eigenvalue weighted by Gasteiger charge is 2.32. The maximum atomic E-state index is 12.9. The van der Waals surface area contributed by atoms with E-state index in [4.69, 9.17) is 16.3 Å². The molecule has 0 bridgehead atoms. The van der Waals surface area contributed by atoms with E-state index in [1.54, 1.807) is 0 Å². The summed E-state index contributed by atoms with van der Waals surface area (Å²) >= 11 is 5.77. The fraction of sp³-hybridized carbons (Fsp3) is 0.714. The minimum absolute atomic E-state index is 0.120. The molecule has 29 heavy (non-hydrogen) atoms. The normalized spacial score (nSPS) is 12.7. The average Bonchev–Trinajstić information content (AvgIpc) is 2.55. The van der Waals surface area contributed by atoms with Gasteiger partial charge in [-0.3, -0.25) is 4.79 Å². The van der Waals surface area contributed by atoms with Crippen molar-refractivity contribution in [3.05, 3.63) is 22.8 Å². The molecule has 0 saturated heterocycles. The molecular formula is C21H34ClF3N2O2. The first-order valence-corrected chi connectivity index (χ1v) is 10.3. The third-order valence-electron chi connectivity index (χ3n) is 3.89. The van der Waals surface area contributed by atoms with Crippen LogP contribution < -0.4 is 4.90 Å². The van der Waals surface area contributed by atoms with Crippen LogP contribution in [0.4, 0.5) is 19.0 Å². The Kier molecular flexibility index (Phi) is 11.6. The molecule has 0 fully saturated rings. The maximum Gasteiger partial charge on any atom is 0.416 e. The summed E-state index contributed by atoms with van der Waals surface area (Å²) in [6, 6.07) is 1.95. The fourth-order valence-electron chi connectivity index (χ4n) is 2.39. The summed E-state index contributed by atoms with van der Waals surface area (Å²) in [7, 11) is 0. The molecule has 0 aromatic carbocycles. The Morgan fingerprint density at radius 2 is 1.83 bits per heavy atom. The Morgan fingerprint density at radius 3 is 2.21 bits per heavy atom. The van der Waals surface area contributed by atoms with E-state index in [0.717, 1.165) is 31.4 Å². The third-order valence-corrected chi connectivity index (χ3v) is 4.09. The zero-order chi connectivity index (χ0) is 22.8. The molecule has 1 aromatic heterocycles. The predicted octanol–water partition coefficient (Wildman–Crippen LogP) is 6.75. The molecule has 0 saturated carbocycles. The molecular weight excluding hydrogens is 405 g/mol. The van der Waals surface area contributed by atoms with E-state index >= 15 is 0 Å². The zero-order valence-corrected chi connectivity index (χ0v) is 19.2. The van der Waals surface area contributed by atoms with Crippen LogP contribution in [-0.4, -0.2) is 29.6 Å². The summed E-state index contributed by atoms with van der Waals surface area (Å²) in [4.78, 5) is 16.2. The van der Waals surface area contributed by atoms with Gasteiger partial charge in [-0.15, -0.1) is 0 Å². The SMILES string of the molecule is CC(=O)OC(C)(C)C.CCCCN(CC(C)CC)c1cc(C(F)(F)F)cc(Cl)n1. The monoisotopic (exact) mass is 438 g/mol. The molecule has 1 unspecified atom stereocenters. The van der Waals surface area contributed by atoms with E-state index in [-0.39, 0.29) is 16.7 Å². The molecule has 0 aliphatic rings. The van der Waals surface area contributed by atoms with E-state index in [1.165, 1.54) is 6.92 Å². The first-order valence-electron chi connectivity index (χ1n) is 9.88. The van der Waals surface area contributed by atoms with Crippen molar-refractivity contribution in [2.75, 3.05) is 18.0 Å². The number of hydrogen-bond acceptors (Lipinski definition) is 4. The van der Waals surface area contributed by atoms with Gasteiger partial charge in [0.25, 0.3) is 0 Å². The number of unbranched alkanes of at least 4 members (excludes halogenated alkanes) is 1. The Bertz CT molecular complexity index is 631. The number of pyridine rings is 1. The van der Waals surface area contributed by atoms with Crippen molar-refractivity contribution in [3.63, 3.8) is 0 Å². The highest BCUT2D eigenvalue weighted by atomic mass is 35.5. The number of hydrogen-bond donors (Lipinski definition) is 0. The van der Waals surface area contributed by atoms with Gasteiger partial charge in [0, 0.05) is 20.0 Å². The highest BCUT2D eigenvalue weighted by Crippen LogP contribution is 2.33. The minimum atomic E-state index is -4.41. The summed E-state index contributed by atoms with van der Waals surface area (Å²) in [6.45, 7) is 14.5. The van der Waals surface area contributed by atoms with Crippen molar-refractivity contribution >= 4 is 23.4 Å². The quantitative estimate of drug-likeness (QED) is 0.348. The van der Waals surface area contributed by atoms with E-state index in [0.29, 0.717) is 24.8 Å². The number of carbonyl (C=O) groups excluding carboxylic acids is 1. The fourth-order valence-corrected chi connectivity index (χ4v) is 2.60. The van der Waals surface area contributed by atoms with Gasteiger partial charge < -0.3 is 9.64 Å². The molecule has 0 radical (unpaired) electrons. The van der Waals surface area contributed by atoms with Crippen molar-refractivity contribution < 1.29 is 22.7 Å². The number of alkyl halides is 3. The summed E-state index contributed by atoms with van der Waals surface area (Å²) in [5.74, 6) is 0.470. The van der Waals surface area contributed by atoms with E-state index in [9.17, 15) is 18.0 Å². The highest BCUT2D eigenvalue weighted by molar-refractivity contribution is 6.29. The molecule has 0 amide bonds. The molecule has 0 aliphatic heterocycles. The largest absolute Gasteiger partial charge is 0.460 e. The second kappa shape index (κ2) is 12.3. The van der Waals surface area contributed by atoms with Crippen LogP contribution in [0.15, 0.2) is 12.1 Å². The number of ether oxygens (including phenoxy) is 1. The molecule has 1 aromatic rings. The van der Waals surface area contributed by atoms with Crippen LogP contribution in [0.3, 0.4) is 0 Å². The van der Waals surface area contributed by atoms with Gasteiger partial charge in [0.2, 0.25) is 0 Å². The van der Waals surface area contributed by atoms with Crippen LogP contribution in [0.2, 0.25) is 5.15 Å². The lowest BCUT2D eigenvalue weighted by Crippen LogP contribution is -2.30. The molecule has 0 aliphatic carbocycles. The molecule has 168 valence electrons. The second-order valence-corrected chi connectivity index (χ2v) is 8.44. The first kappa shape index (κ1) is 27.5. The Labute approximate surface area is 177 Å². The number of nitrogens with zero attached hydrogens (tertiary/aromatic N) is 2. The van der Waals surface area contributed by atoms with Gasteiger partial charge in [-0.2, -0.15) is 13.2 Å². The Balaban J connectivity index is 0.000000828. The van der Waals surface area contributed by atoms with Crippen molar-refractivity contribution in [1.29, 1.82) is 0 Å². The molecule has 0 N–H and O–H groups in total. The lowest BCUT2D eigenvalue weighted by atomic mass is 10.1. The number of rotatable bonds is 7. The lowest BCUT2D eigenvalue weighted by Gasteiger charge is -2.27. The van der Waals surface area contributed by atoms with Crippen molar-refractivity contribution in [2.45, 2.75) is 79.5 Å². The zero-order valence-electron chi connectivity index (χ0n) is 18.5. The Morgan fingerprint density at radius 1 is 1.24 bits per heavy atom. The average molecular weight is 439 g/mol. The van der Waals surface area contributed by atoms with Crippen LogP contribution in [-0.2, 0) is 15.7 Å². The molecule has 8 heteroatoms. The van der Waals surface area contributed by atoms with Gasteiger partial charge in [0.1, 0.15) is 16.6 Å². The smallest absolute Gasteiger partial charge is 0.416 e. The van der Waals surface area contributed by atoms with Gasteiger partial charge in [0.05, 0.1) is 5.56 Å². The van der Waals surface area contributed by atoms with Crippen LogP contribution in [0.5, 0.6) is 0 Å². The summed E-state index contributed by atoms with van der Waals surface area (Å²) in [6.07, 6.45) is -1.56. The second-order valence-electron chi connectivity index (χ2n) is 8.05. The molecule has 1 heterocycles. The van der Waals surface area contributed by atoms with Crippen LogP contribution in [0, 0.1) is 5.92 Å². The number of aromatic nitrogens is 1. The number of halogens is 4. The topological polar surface area (TPSA) is 42.4 Å². The van der Waals surface area contributed by atoms with E-state index in [1.807, 2.05) is 32.6 Å². The van der Waals surface area contributed by atoms with Crippen molar-refractivity contribution in [2.24, 2.45) is 5.92 Å². The predicted molar refractivity (Wildman–Crippen MR) is 112 cm³/mol. The Hall–Kier alpha value is -1.50. The summed E-state index contributed by atoms with van der Waals surface area (Å²) in [5.41, 5.74) is -1.07. The van der Waals surface area contributed by atoms with Crippen molar-refractivity contribution in [1.82, 2.24) is 4.98 Å².